The minimum absolute atomic E-state index is 0. The summed E-state index contributed by atoms with van der Waals surface area (Å²) in [6.07, 6.45) is 11.3. The Balaban J connectivity index is -0.000000171. The average Bonchev–Trinajstić information content (AvgIpc) is 0.912. The standard InChI is InChI=1S/C12H10BrNO3.2C12H15ClO3.C11H9BrO3.C11H13ClO3.C11H9ClO3.2Na.6H2S/c1-8(12(15)16)17-11-5-4-10(13)7-9(11)3-2-6-14;1-4-9-7-10(13)5-6-11(9)16-8(2)12(14)15-3;1-3-4-9-7-10(13)5-6-11(9)16-8(2)12(14)15;3*1-3-8-6-9(12)4-5-10(8)15-7(2)11(13)14;;;;;;;;/h2-5,7-8H,1H3,(H,15,16);5-8H,4H2,1-3H3;5-8H,3-4H2,1-2H3,(H,14,15);1,4-7H,2H3,(H,13,14);4-7H,3H2,1-2H3,(H,13,14);1,4-7H,2H3,(H,13,14);;;6*1H2/q;;;;;;2*+1;;;;;;/p-2/b3-2+;;;;;;;;;;;;;/t3*8-;3*7-;;;;;;;;/m000000......../s1. The number of esters is 1. The van der Waals surface area contributed by atoms with E-state index in [9.17, 15) is 39.0 Å². The molecular formula is C69H81Br2Cl4NNa2O18S6. The van der Waals surface area contributed by atoms with Gasteiger partial charge in [0.1, 0.15) is 46.7 Å². The number of rotatable bonds is 23. The van der Waals surface area contributed by atoms with Crippen LogP contribution in [0.2, 0.25) is 20.1 Å². The maximum Gasteiger partial charge on any atom is 1.00 e. The summed E-state index contributed by atoms with van der Waals surface area (Å²) in [6, 6.07) is 32.4. The molecule has 0 heterocycles. The van der Waals surface area contributed by atoms with Gasteiger partial charge in [-0.2, -0.15) is 86.2 Å². The molecule has 0 bridgehead atoms. The van der Waals surface area contributed by atoms with Gasteiger partial charge in [-0.3, -0.25) is 0 Å². The molecule has 3 N–H and O–H groups in total. The molecule has 550 valence electrons. The normalized spacial score (nSPS) is 11.0. The van der Waals surface area contributed by atoms with Crippen molar-refractivity contribution < 1.29 is 147 Å². The number of ether oxygens (including phenoxy) is 7. The largest absolute Gasteiger partial charge is 1.00 e. The Kier molecular flexibility index (Phi) is 68.5. The number of carboxylic acids is 5. The Bertz CT molecular complexity index is 3640. The zero-order chi connectivity index (χ0) is 71.4. The quantitative estimate of drug-likeness (QED) is 0.0236. The molecule has 6 aromatic carbocycles. The van der Waals surface area contributed by atoms with Crippen molar-refractivity contribution in [3.8, 4) is 65.3 Å². The first-order valence-electron chi connectivity index (χ1n) is 28.2. The Morgan fingerprint density at radius 2 is 0.784 bits per heavy atom. The average molecular weight is 1750 g/mol. The SMILES string of the molecule is C#Cc1cc(Br)ccc1O[C@@H](C)C(=O)O.C#Cc1cc(Cl)ccc1O[C@@H](C)C(=O)O.CCCc1cc(Cl)ccc1O[C@@H](C)C(=O)[O-].CCc1cc(Cl)ccc1O[C@@H](C)C(=O)OC.CCc1cc(Cl)ccc1O[C@@H](C)C(=O)[O-].C[C@H](Oc1ccc(Br)cc1/C=C/C#N)C(=O)O.S.S.S.S.S.S.[Na+].[Na+]. The van der Waals surface area contributed by atoms with Crippen LogP contribution in [0.4, 0.5) is 0 Å². The third-order valence-corrected chi connectivity index (χ3v) is 13.8. The molecule has 0 saturated heterocycles. The van der Waals surface area contributed by atoms with Gasteiger partial charge in [0.15, 0.2) is 24.4 Å². The molecule has 0 amide bonds. The van der Waals surface area contributed by atoms with E-state index in [1.165, 1.54) is 47.8 Å². The number of allylic oxidation sites excluding steroid dienone is 1. The summed E-state index contributed by atoms with van der Waals surface area (Å²) >= 11 is 29.8. The van der Waals surface area contributed by atoms with Crippen molar-refractivity contribution in [2.75, 3.05) is 7.11 Å². The van der Waals surface area contributed by atoms with Crippen LogP contribution in [0.15, 0.2) is 124 Å². The van der Waals surface area contributed by atoms with Gasteiger partial charge >= 0.3 is 83.0 Å². The first-order valence-corrected chi connectivity index (χ1v) is 31.3. The second-order valence-electron chi connectivity index (χ2n) is 19.2. The number of hydrogen-bond acceptors (Lipinski definition) is 16. The van der Waals surface area contributed by atoms with Crippen LogP contribution in [0.3, 0.4) is 0 Å². The van der Waals surface area contributed by atoms with Crippen molar-refractivity contribution in [2.45, 2.75) is 125 Å². The van der Waals surface area contributed by atoms with Gasteiger partial charge in [0.2, 0.25) is 0 Å². The zero-order valence-corrected chi connectivity index (χ0v) is 73.9. The van der Waals surface area contributed by atoms with E-state index in [4.69, 9.17) is 108 Å². The van der Waals surface area contributed by atoms with Crippen molar-refractivity contribution in [1.29, 1.82) is 5.26 Å². The van der Waals surface area contributed by atoms with Gasteiger partial charge < -0.3 is 68.3 Å². The van der Waals surface area contributed by atoms with E-state index in [1.54, 1.807) is 116 Å². The molecule has 6 atom stereocenters. The monoisotopic (exact) mass is 1750 g/mol. The third kappa shape index (κ3) is 44.5. The van der Waals surface area contributed by atoms with Gasteiger partial charge in [0.05, 0.1) is 36.2 Å². The van der Waals surface area contributed by atoms with Crippen molar-refractivity contribution in [2.24, 2.45) is 0 Å². The number of carboxylic acid groups (broad SMARTS) is 5. The van der Waals surface area contributed by atoms with E-state index in [1.807, 2.05) is 32.9 Å². The molecule has 0 fully saturated rings. The molecule has 0 unspecified atom stereocenters. The van der Waals surface area contributed by atoms with Gasteiger partial charge in [-0.05, 0) is 193 Å². The summed E-state index contributed by atoms with van der Waals surface area (Å²) < 4.78 is 37.9. The van der Waals surface area contributed by atoms with Crippen molar-refractivity contribution in [3.63, 3.8) is 0 Å². The molecule has 33 heteroatoms. The van der Waals surface area contributed by atoms with E-state index in [0.717, 1.165) is 51.3 Å². The molecule has 19 nitrogen and oxygen atoms in total. The molecule has 0 aromatic heterocycles. The van der Waals surface area contributed by atoms with Gasteiger partial charge in [0.25, 0.3) is 0 Å². The number of carbonyl (C=O) groups is 6. The number of halogens is 6. The molecule has 102 heavy (non-hydrogen) atoms. The van der Waals surface area contributed by atoms with E-state index in [0.29, 0.717) is 71.3 Å². The molecule has 6 aromatic rings. The summed E-state index contributed by atoms with van der Waals surface area (Å²) in [5.41, 5.74) is 4.39. The zero-order valence-electron chi connectivity index (χ0n) is 57.7. The van der Waals surface area contributed by atoms with Crippen LogP contribution in [0, 0.1) is 36.0 Å². The number of nitriles is 1. The smallest absolute Gasteiger partial charge is 0.546 e. The van der Waals surface area contributed by atoms with Gasteiger partial charge in [-0.15, -0.1) is 12.8 Å². The first-order chi connectivity index (χ1) is 44.3. The molecule has 0 saturated carbocycles. The molecule has 0 spiro atoms. The Morgan fingerprint density at radius 3 is 1.13 bits per heavy atom. The second kappa shape index (κ2) is 61.6. The van der Waals surface area contributed by atoms with Crippen LogP contribution in [0.25, 0.3) is 6.08 Å². The van der Waals surface area contributed by atoms with Crippen LogP contribution in [0.5, 0.6) is 34.5 Å². The van der Waals surface area contributed by atoms with Crippen LogP contribution in [-0.4, -0.2) is 94.9 Å². The number of terminal acetylenes is 2. The van der Waals surface area contributed by atoms with Crippen LogP contribution < -0.4 is 97.7 Å². The predicted octanol–water partition coefficient (Wildman–Crippen LogP) is 8.05. The van der Waals surface area contributed by atoms with Gasteiger partial charge in [0, 0.05) is 40.7 Å². The third-order valence-electron chi connectivity index (χ3n) is 11.9. The maximum absolute atomic E-state index is 11.2. The minimum atomic E-state index is -1.23. The van der Waals surface area contributed by atoms with Crippen LogP contribution in [0.1, 0.15) is 102 Å². The number of nitrogens with zero attached hydrogens (tertiary/aromatic N) is 1. The Morgan fingerprint density at radius 1 is 0.480 bits per heavy atom. The molecular weight excluding hydrogens is 1670 g/mol. The van der Waals surface area contributed by atoms with E-state index in [-0.39, 0.29) is 140 Å². The first kappa shape index (κ1) is 113. The number of aliphatic carboxylic acids is 5. The van der Waals surface area contributed by atoms with Crippen LogP contribution >= 0.6 is 159 Å². The number of hydrogen-bond donors (Lipinski definition) is 3. The summed E-state index contributed by atoms with van der Waals surface area (Å²) in [7, 11) is 1.34. The summed E-state index contributed by atoms with van der Waals surface area (Å²) in [5, 5.41) is 58.0. The van der Waals surface area contributed by atoms with Gasteiger partial charge in [-0.1, -0.05) is 117 Å². The van der Waals surface area contributed by atoms with E-state index >= 15 is 0 Å². The minimum Gasteiger partial charge on any atom is -0.546 e. The summed E-state index contributed by atoms with van der Waals surface area (Å²) in [5.74, 6) is 1.79. The molecule has 0 aliphatic heterocycles. The molecule has 0 aliphatic rings. The molecule has 0 radical (unpaired) electrons. The van der Waals surface area contributed by atoms with Gasteiger partial charge in [-0.25, -0.2) is 19.2 Å². The fourth-order valence-electron chi connectivity index (χ4n) is 6.93. The molecule has 6 rings (SSSR count). The van der Waals surface area contributed by atoms with E-state index in [2.05, 4.69) is 48.4 Å². The van der Waals surface area contributed by atoms with Crippen molar-refractivity contribution in [3.05, 3.63) is 178 Å². The maximum atomic E-state index is 11.2. The Hall–Kier alpha value is -4.49. The number of benzene rings is 6. The fourth-order valence-corrected chi connectivity index (χ4v) is 8.43. The Labute approximate surface area is 719 Å². The topological polar surface area (TPSA) is 298 Å². The van der Waals surface area contributed by atoms with Crippen molar-refractivity contribution >= 4 is 201 Å². The number of methoxy groups -OCH3 is 1. The van der Waals surface area contributed by atoms with Crippen LogP contribution in [-0.2, 0) is 52.8 Å². The van der Waals surface area contributed by atoms with E-state index < -0.39 is 72.4 Å². The summed E-state index contributed by atoms with van der Waals surface area (Å²) in [6.45, 7) is 14.8. The number of carbonyl (C=O) groups excluding carboxylic acids is 3. The number of aryl methyl sites for hydroxylation is 3. The van der Waals surface area contributed by atoms with Crippen molar-refractivity contribution in [1.82, 2.24) is 0 Å². The second-order valence-corrected chi connectivity index (χ2v) is 22.7. The fraction of sp³-hybridized carbons (Fsp3) is 0.290. The predicted molar refractivity (Wildman–Crippen MR) is 425 cm³/mol. The summed E-state index contributed by atoms with van der Waals surface area (Å²) in [4.78, 5) is 64.1. The molecule has 0 aliphatic carbocycles.